The topological polar surface area (TPSA) is 46.5 Å². The maximum atomic E-state index is 6.38. The summed E-state index contributed by atoms with van der Waals surface area (Å²) in [6.45, 7) is 4.94. The summed E-state index contributed by atoms with van der Waals surface area (Å²) < 4.78 is 17.3. The van der Waals surface area contributed by atoms with E-state index in [1.165, 1.54) is 5.56 Å². The van der Waals surface area contributed by atoms with Crippen LogP contribution < -0.4 is 9.47 Å². The molecule has 0 unspecified atom stereocenters. The molecule has 0 aliphatic carbocycles. The molecule has 3 aromatic carbocycles. The smallest absolute Gasteiger partial charge is 0.153 e. The standard InChI is InChI=1S/C27H26ClN3O3/c1-32-21-9-6-19(7-10-21)27(17-33-18-27)31-14-12-30(13-15-31)26-22-16-20(28)8-11-24(22)34-25-5-3-2-4-23(25)29-26/h2-11,16H,12-15,17-18H2,1H3. The van der Waals surface area contributed by atoms with E-state index in [1.807, 2.05) is 54.6 Å². The lowest BCUT2D eigenvalue weighted by molar-refractivity contribution is -0.153. The summed E-state index contributed by atoms with van der Waals surface area (Å²) in [5.41, 5.74) is 2.95. The molecule has 0 N–H and O–H groups in total. The highest BCUT2D eigenvalue weighted by Crippen LogP contribution is 2.40. The van der Waals surface area contributed by atoms with Gasteiger partial charge in [0.25, 0.3) is 0 Å². The van der Waals surface area contributed by atoms with Crippen LogP contribution in [-0.2, 0) is 10.3 Å². The maximum absolute atomic E-state index is 6.38. The first kappa shape index (κ1) is 21.5. The summed E-state index contributed by atoms with van der Waals surface area (Å²) in [4.78, 5) is 9.94. The normalized spacial score (nSPS) is 19.1. The first-order chi connectivity index (χ1) is 16.7. The maximum Gasteiger partial charge on any atom is 0.153 e. The van der Waals surface area contributed by atoms with Crippen LogP contribution in [0.15, 0.2) is 71.7 Å². The average molecular weight is 476 g/mol. The second kappa shape index (κ2) is 8.62. The molecule has 0 saturated carbocycles. The van der Waals surface area contributed by atoms with E-state index in [2.05, 4.69) is 21.9 Å². The van der Waals surface area contributed by atoms with Crippen LogP contribution in [0.4, 0.5) is 5.69 Å². The van der Waals surface area contributed by atoms with Crippen molar-refractivity contribution in [3.63, 3.8) is 0 Å². The van der Waals surface area contributed by atoms with Crippen LogP contribution in [0.3, 0.4) is 0 Å². The van der Waals surface area contributed by atoms with Crippen molar-refractivity contribution < 1.29 is 14.2 Å². The third-order valence-corrected chi connectivity index (χ3v) is 7.22. The quantitative estimate of drug-likeness (QED) is 0.529. The van der Waals surface area contributed by atoms with Gasteiger partial charge in [0, 0.05) is 31.2 Å². The molecule has 0 amide bonds. The fourth-order valence-electron chi connectivity index (χ4n) is 5.01. The Bertz CT molecular complexity index is 1230. The van der Waals surface area contributed by atoms with Gasteiger partial charge in [-0.1, -0.05) is 35.9 Å². The molecular weight excluding hydrogens is 450 g/mol. The minimum atomic E-state index is -0.0828. The largest absolute Gasteiger partial charge is 0.497 e. The molecule has 3 aliphatic heterocycles. The molecule has 3 aliphatic rings. The van der Waals surface area contributed by atoms with Crippen molar-refractivity contribution >= 4 is 23.1 Å². The summed E-state index contributed by atoms with van der Waals surface area (Å²) in [7, 11) is 1.70. The average Bonchev–Trinajstić information content (AvgIpc) is 3.01. The number of methoxy groups -OCH3 is 1. The minimum Gasteiger partial charge on any atom is -0.497 e. The Balaban J connectivity index is 1.28. The predicted octanol–water partition coefficient (Wildman–Crippen LogP) is 5.08. The number of nitrogens with zero attached hydrogens (tertiary/aromatic N) is 3. The number of hydrogen-bond donors (Lipinski definition) is 0. The molecule has 0 radical (unpaired) electrons. The van der Waals surface area contributed by atoms with Gasteiger partial charge in [0.1, 0.15) is 23.0 Å². The second-order valence-corrected chi connectivity index (χ2v) is 9.31. The van der Waals surface area contributed by atoms with Gasteiger partial charge in [0.2, 0.25) is 0 Å². The van der Waals surface area contributed by atoms with E-state index >= 15 is 0 Å². The second-order valence-electron chi connectivity index (χ2n) is 8.87. The van der Waals surface area contributed by atoms with Gasteiger partial charge in [0.15, 0.2) is 5.75 Å². The number of hydrogen-bond acceptors (Lipinski definition) is 6. The van der Waals surface area contributed by atoms with Crippen LogP contribution in [0.2, 0.25) is 5.02 Å². The van der Waals surface area contributed by atoms with Crippen molar-refractivity contribution in [2.24, 2.45) is 4.99 Å². The lowest BCUT2D eigenvalue weighted by Crippen LogP contribution is -2.64. The van der Waals surface area contributed by atoms with E-state index in [0.29, 0.717) is 18.2 Å². The highest BCUT2D eigenvalue weighted by molar-refractivity contribution is 6.31. The van der Waals surface area contributed by atoms with E-state index in [-0.39, 0.29) is 5.54 Å². The van der Waals surface area contributed by atoms with Crippen molar-refractivity contribution in [2.75, 3.05) is 46.5 Å². The number of benzene rings is 3. The monoisotopic (exact) mass is 475 g/mol. The van der Waals surface area contributed by atoms with Crippen LogP contribution in [0.1, 0.15) is 11.1 Å². The SMILES string of the molecule is COc1ccc(C2(N3CCN(C4=Nc5ccccc5Oc5ccc(Cl)cc54)CC3)COC2)cc1. The fraction of sp³-hybridized carbons (Fsp3) is 0.296. The van der Waals surface area contributed by atoms with Crippen molar-refractivity contribution in [3.05, 3.63) is 82.9 Å². The minimum absolute atomic E-state index is 0.0828. The molecule has 7 heteroatoms. The summed E-state index contributed by atoms with van der Waals surface area (Å²) in [6, 6.07) is 22.0. The molecular formula is C27H26ClN3O3. The van der Waals surface area contributed by atoms with Gasteiger partial charge in [-0.05, 0) is 48.0 Å². The molecule has 3 aromatic rings. The number of halogens is 1. The molecule has 0 atom stereocenters. The van der Waals surface area contributed by atoms with Gasteiger partial charge in [-0.15, -0.1) is 0 Å². The molecule has 0 aromatic heterocycles. The van der Waals surface area contributed by atoms with Crippen molar-refractivity contribution in [1.29, 1.82) is 0 Å². The third kappa shape index (κ3) is 3.63. The molecule has 6 nitrogen and oxygen atoms in total. The number of ether oxygens (including phenoxy) is 3. The first-order valence-corrected chi connectivity index (χ1v) is 11.9. The van der Waals surface area contributed by atoms with Crippen LogP contribution in [0.25, 0.3) is 0 Å². The molecule has 0 spiro atoms. The predicted molar refractivity (Wildman–Crippen MR) is 133 cm³/mol. The van der Waals surface area contributed by atoms with E-state index in [1.54, 1.807) is 7.11 Å². The summed E-state index contributed by atoms with van der Waals surface area (Å²) in [5.74, 6) is 3.31. The Kier molecular flexibility index (Phi) is 5.44. The molecule has 2 saturated heterocycles. The summed E-state index contributed by atoms with van der Waals surface area (Å²) in [6.07, 6.45) is 0. The Morgan fingerprint density at radius 2 is 1.68 bits per heavy atom. The number of para-hydroxylation sites is 2. The third-order valence-electron chi connectivity index (χ3n) is 6.99. The van der Waals surface area contributed by atoms with Crippen molar-refractivity contribution in [2.45, 2.75) is 5.54 Å². The van der Waals surface area contributed by atoms with Gasteiger partial charge < -0.3 is 19.1 Å². The molecule has 174 valence electrons. The lowest BCUT2D eigenvalue weighted by atomic mass is 9.85. The van der Waals surface area contributed by atoms with E-state index in [9.17, 15) is 0 Å². The Morgan fingerprint density at radius 1 is 0.912 bits per heavy atom. The molecule has 34 heavy (non-hydrogen) atoms. The zero-order valence-electron chi connectivity index (χ0n) is 19.0. The Morgan fingerprint density at radius 3 is 2.38 bits per heavy atom. The number of aliphatic imine (C=N–C) groups is 1. The van der Waals surface area contributed by atoms with E-state index < -0.39 is 0 Å². The van der Waals surface area contributed by atoms with Gasteiger partial charge >= 0.3 is 0 Å². The first-order valence-electron chi connectivity index (χ1n) is 11.5. The highest BCUT2D eigenvalue weighted by atomic mass is 35.5. The Hall–Kier alpha value is -3.06. The van der Waals surface area contributed by atoms with Crippen LogP contribution >= 0.6 is 11.6 Å². The summed E-state index contributed by atoms with van der Waals surface area (Å²) in [5, 5.41) is 0.671. The lowest BCUT2D eigenvalue weighted by Gasteiger charge is -2.53. The van der Waals surface area contributed by atoms with Gasteiger partial charge in [-0.3, -0.25) is 4.90 Å². The van der Waals surface area contributed by atoms with Crippen LogP contribution in [0, 0.1) is 0 Å². The fourth-order valence-corrected chi connectivity index (χ4v) is 5.18. The molecule has 2 fully saturated rings. The molecule has 3 heterocycles. The van der Waals surface area contributed by atoms with Gasteiger partial charge in [-0.25, -0.2) is 4.99 Å². The molecule has 0 bridgehead atoms. The van der Waals surface area contributed by atoms with Crippen molar-refractivity contribution in [1.82, 2.24) is 9.80 Å². The van der Waals surface area contributed by atoms with E-state index in [4.69, 9.17) is 30.8 Å². The van der Waals surface area contributed by atoms with Gasteiger partial charge in [0.05, 0.1) is 31.4 Å². The molecule has 6 rings (SSSR count). The number of rotatable bonds is 3. The van der Waals surface area contributed by atoms with Crippen LogP contribution in [-0.4, -0.2) is 62.1 Å². The Labute approximate surface area is 204 Å². The number of piperazine rings is 1. The van der Waals surface area contributed by atoms with E-state index in [0.717, 1.165) is 60.5 Å². The highest BCUT2D eigenvalue weighted by Gasteiger charge is 2.46. The number of amidine groups is 1. The van der Waals surface area contributed by atoms with Gasteiger partial charge in [-0.2, -0.15) is 0 Å². The van der Waals surface area contributed by atoms with Crippen LogP contribution in [0.5, 0.6) is 17.2 Å². The zero-order chi connectivity index (χ0) is 23.1. The van der Waals surface area contributed by atoms with Crippen molar-refractivity contribution in [3.8, 4) is 17.2 Å². The summed E-state index contributed by atoms with van der Waals surface area (Å²) >= 11 is 6.38. The zero-order valence-corrected chi connectivity index (χ0v) is 19.8. The number of fused-ring (bicyclic) bond motifs is 2.